The van der Waals surface area contributed by atoms with Gasteiger partial charge in [0.25, 0.3) is 0 Å². The van der Waals surface area contributed by atoms with Gasteiger partial charge in [0.2, 0.25) is 0 Å². The number of rotatable bonds is 4. The van der Waals surface area contributed by atoms with Crippen LogP contribution in [0.1, 0.15) is 28.9 Å². The molecule has 1 aromatic heterocycles. The molecule has 0 atom stereocenters. The number of nitrogens with zero attached hydrogens (tertiary/aromatic N) is 1. The van der Waals surface area contributed by atoms with Crippen LogP contribution in [0, 0.1) is 6.92 Å². The lowest BCUT2D eigenvalue weighted by molar-refractivity contribution is 0.299. The zero-order valence-electron chi connectivity index (χ0n) is 7.63. The summed E-state index contributed by atoms with van der Waals surface area (Å²) in [5.74, 6) is 0. The number of aliphatic hydroxyl groups is 1. The van der Waals surface area contributed by atoms with E-state index in [1.165, 1.54) is 11.3 Å². The van der Waals surface area contributed by atoms with E-state index in [-0.39, 0.29) is 6.61 Å². The molecule has 0 fully saturated rings. The molecule has 0 amide bonds. The SMILES string of the molecule is CCCc1sc(CCO)nc1C. The minimum absolute atomic E-state index is 0.207. The van der Waals surface area contributed by atoms with Crippen LogP contribution in [0.2, 0.25) is 0 Å². The maximum absolute atomic E-state index is 8.72. The summed E-state index contributed by atoms with van der Waals surface area (Å²) in [6, 6.07) is 0. The first-order valence-electron chi connectivity index (χ1n) is 4.34. The number of aryl methyl sites for hydroxylation is 2. The van der Waals surface area contributed by atoms with E-state index in [9.17, 15) is 0 Å². The summed E-state index contributed by atoms with van der Waals surface area (Å²) >= 11 is 1.74. The zero-order valence-corrected chi connectivity index (χ0v) is 8.45. The molecule has 0 saturated heterocycles. The van der Waals surface area contributed by atoms with Gasteiger partial charge in [-0.05, 0) is 13.3 Å². The Morgan fingerprint density at radius 1 is 1.42 bits per heavy atom. The predicted octanol–water partition coefficient (Wildman–Crippen LogP) is 1.94. The van der Waals surface area contributed by atoms with Gasteiger partial charge in [0.15, 0.2) is 0 Å². The maximum Gasteiger partial charge on any atom is 0.0953 e. The third kappa shape index (κ3) is 2.29. The number of thiazole rings is 1. The summed E-state index contributed by atoms with van der Waals surface area (Å²) in [6.45, 7) is 4.42. The normalized spacial score (nSPS) is 10.6. The number of hydrogen-bond donors (Lipinski definition) is 1. The van der Waals surface area contributed by atoms with Crippen LogP contribution in [0.25, 0.3) is 0 Å². The summed E-state index contributed by atoms with van der Waals surface area (Å²) in [5, 5.41) is 9.78. The highest BCUT2D eigenvalue weighted by molar-refractivity contribution is 7.11. The summed E-state index contributed by atoms with van der Waals surface area (Å²) in [5.41, 5.74) is 1.14. The van der Waals surface area contributed by atoms with Crippen molar-refractivity contribution in [2.45, 2.75) is 33.1 Å². The van der Waals surface area contributed by atoms with Crippen LogP contribution in [0.3, 0.4) is 0 Å². The van der Waals surface area contributed by atoms with Crippen molar-refractivity contribution < 1.29 is 5.11 Å². The molecular weight excluding hydrogens is 170 g/mol. The molecule has 1 rings (SSSR count). The first-order chi connectivity index (χ1) is 5.77. The fraction of sp³-hybridized carbons (Fsp3) is 0.667. The van der Waals surface area contributed by atoms with E-state index in [1.807, 2.05) is 6.92 Å². The van der Waals surface area contributed by atoms with E-state index < -0.39 is 0 Å². The Morgan fingerprint density at radius 3 is 2.75 bits per heavy atom. The van der Waals surface area contributed by atoms with Gasteiger partial charge < -0.3 is 5.11 Å². The molecular formula is C9H15NOS. The van der Waals surface area contributed by atoms with Crippen molar-refractivity contribution in [3.05, 3.63) is 15.6 Å². The van der Waals surface area contributed by atoms with Crippen LogP contribution in [0.15, 0.2) is 0 Å². The molecule has 0 aliphatic rings. The molecule has 0 spiro atoms. The maximum atomic E-state index is 8.72. The molecule has 0 aliphatic heterocycles. The Labute approximate surface area is 77.3 Å². The zero-order chi connectivity index (χ0) is 8.97. The Hall–Kier alpha value is -0.410. The standard InChI is InChI=1S/C9H15NOS/c1-3-4-8-7(2)10-9(12-8)5-6-11/h11H,3-6H2,1-2H3. The first kappa shape index (κ1) is 9.68. The fourth-order valence-corrected chi connectivity index (χ4v) is 2.31. The van der Waals surface area contributed by atoms with Crippen LogP contribution >= 0.6 is 11.3 Å². The van der Waals surface area contributed by atoms with Gasteiger partial charge in [0.05, 0.1) is 10.7 Å². The van der Waals surface area contributed by atoms with Crippen LogP contribution in [-0.2, 0) is 12.8 Å². The van der Waals surface area contributed by atoms with E-state index in [0.717, 1.165) is 17.1 Å². The molecule has 12 heavy (non-hydrogen) atoms. The minimum Gasteiger partial charge on any atom is -0.396 e. The monoisotopic (exact) mass is 185 g/mol. The molecule has 0 aliphatic carbocycles. The van der Waals surface area contributed by atoms with Crippen molar-refractivity contribution >= 4 is 11.3 Å². The summed E-state index contributed by atoms with van der Waals surface area (Å²) in [4.78, 5) is 5.75. The van der Waals surface area contributed by atoms with E-state index in [0.29, 0.717) is 6.42 Å². The molecule has 0 aromatic carbocycles. The van der Waals surface area contributed by atoms with Crippen molar-refractivity contribution in [1.82, 2.24) is 4.98 Å². The molecule has 1 aromatic rings. The third-order valence-electron chi connectivity index (χ3n) is 1.74. The van der Waals surface area contributed by atoms with E-state index >= 15 is 0 Å². The predicted molar refractivity (Wildman–Crippen MR) is 51.6 cm³/mol. The Balaban J connectivity index is 2.70. The quantitative estimate of drug-likeness (QED) is 0.777. The summed E-state index contributed by atoms with van der Waals surface area (Å²) < 4.78 is 0. The van der Waals surface area contributed by atoms with Crippen LogP contribution in [0.5, 0.6) is 0 Å². The van der Waals surface area contributed by atoms with Gasteiger partial charge in [0.1, 0.15) is 0 Å². The van der Waals surface area contributed by atoms with Gasteiger partial charge in [-0.3, -0.25) is 0 Å². The average molecular weight is 185 g/mol. The van der Waals surface area contributed by atoms with E-state index in [1.54, 1.807) is 11.3 Å². The van der Waals surface area contributed by atoms with Gasteiger partial charge in [-0.25, -0.2) is 4.98 Å². The molecule has 1 N–H and O–H groups in total. The van der Waals surface area contributed by atoms with Crippen LogP contribution in [-0.4, -0.2) is 16.7 Å². The van der Waals surface area contributed by atoms with Gasteiger partial charge in [-0.15, -0.1) is 11.3 Å². The second-order valence-corrected chi connectivity index (χ2v) is 4.01. The molecule has 0 bridgehead atoms. The average Bonchev–Trinajstić information content (AvgIpc) is 2.34. The van der Waals surface area contributed by atoms with Crippen LogP contribution < -0.4 is 0 Å². The number of hydrogen-bond acceptors (Lipinski definition) is 3. The second-order valence-electron chi connectivity index (χ2n) is 2.84. The van der Waals surface area contributed by atoms with Gasteiger partial charge in [0, 0.05) is 17.9 Å². The topological polar surface area (TPSA) is 33.1 Å². The highest BCUT2D eigenvalue weighted by Gasteiger charge is 2.05. The highest BCUT2D eigenvalue weighted by Crippen LogP contribution is 2.19. The Kier molecular flexibility index (Phi) is 3.69. The van der Waals surface area contributed by atoms with Crippen LogP contribution in [0.4, 0.5) is 0 Å². The fourth-order valence-electron chi connectivity index (χ4n) is 1.15. The number of aromatic nitrogens is 1. The molecule has 68 valence electrons. The lowest BCUT2D eigenvalue weighted by Crippen LogP contribution is -1.88. The van der Waals surface area contributed by atoms with Crippen molar-refractivity contribution in [3.8, 4) is 0 Å². The molecule has 0 radical (unpaired) electrons. The third-order valence-corrected chi connectivity index (χ3v) is 3.02. The molecule has 0 unspecified atom stereocenters. The lowest BCUT2D eigenvalue weighted by Gasteiger charge is -1.90. The highest BCUT2D eigenvalue weighted by atomic mass is 32.1. The van der Waals surface area contributed by atoms with Crippen molar-refractivity contribution in [1.29, 1.82) is 0 Å². The molecule has 1 heterocycles. The smallest absolute Gasteiger partial charge is 0.0953 e. The largest absolute Gasteiger partial charge is 0.396 e. The second kappa shape index (κ2) is 4.58. The molecule has 0 saturated carbocycles. The van der Waals surface area contributed by atoms with E-state index in [2.05, 4.69) is 11.9 Å². The van der Waals surface area contributed by atoms with Crippen molar-refractivity contribution in [2.75, 3.05) is 6.61 Å². The summed E-state index contributed by atoms with van der Waals surface area (Å²) in [6.07, 6.45) is 2.99. The lowest BCUT2D eigenvalue weighted by atomic mass is 10.2. The Morgan fingerprint density at radius 2 is 2.17 bits per heavy atom. The minimum atomic E-state index is 0.207. The first-order valence-corrected chi connectivity index (χ1v) is 5.15. The summed E-state index contributed by atoms with van der Waals surface area (Å²) in [7, 11) is 0. The molecule has 3 heteroatoms. The van der Waals surface area contributed by atoms with Gasteiger partial charge in [-0.1, -0.05) is 13.3 Å². The van der Waals surface area contributed by atoms with Crippen molar-refractivity contribution in [3.63, 3.8) is 0 Å². The van der Waals surface area contributed by atoms with Crippen molar-refractivity contribution in [2.24, 2.45) is 0 Å². The number of aliphatic hydroxyl groups excluding tert-OH is 1. The Bertz CT molecular complexity index is 245. The van der Waals surface area contributed by atoms with E-state index in [4.69, 9.17) is 5.11 Å². The molecule has 2 nitrogen and oxygen atoms in total. The van der Waals surface area contributed by atoms with Gasteiger partial charge in [-0.2, -0.15) is 0 Å². The van der Waals surface area contributed by atoms with Gasteiger partial charge >= 0.3 is 0 Å².